The van der Waals surface area contributed by atoms with Crippen LogP contribution in [0.4, 0.5) is 0 Å². The quantitative estimate of drug-likeness (QED) is 0.848. The van der Waals surface area contributed by atoms with E-state index in [2.05, 4.69) is 9.97 Å². The maximum atomic E-state index is 9.32. The maximum absolute atomic E-state index is 9.32. The number of nitrogens with zero attached hydrogens (tertiary/aromatic N) is 2. The van der Waals surface area contributed by atoms with Crippen LogP contribution < -0.4 is 4.74 Å². The summed E-state index contributed by atoms with van der Waals surface area (Å²) in [5.74, 6) is 0.582. The highest BCUT2D eigenvalue weighted by Crippen LogP contribution is 2.15. The fourth-order valence-corrected chi connectivity index (χ4v) is 1.48. The van der Waals surface area contributed by atoms with Crippen molar-refractivity contribution < 1.29 is 9.84 Å². The van der Waals surface area contributed by atoms with E-state index in [1.807, 2.05) is 30.3 Å². The van der Waals surface area contributed by atoms with E-state index in [0.717, 1.165) is 5.69 Å². The van der Waals surface area contributed by atoms with E-state index < -0.39 is 0 Å². The number of aliphatic hydroxyl groups excluding tert-OH is 1. The molecule has 0 aliphatic rings. The summed E-state index contributed by atoms with van der Waals surface area (Å²) in [6.45, 7) is 0.399. The number of aliphatic hydroxyl groups is 1. The van der Waals surface area contributed by atoms with Crippen molar-refractivity contribution >= 4 is 0 Å². The van der Waals surface area contributed by atoms with E-state index in [1.165, 1.54) is 0 Å². The molecule has 2 aromatic heterocycles. The van der Waals surface area contributed by atoms with Crippen LogP contribution in [0, 0.1) is 0 Å². The molecule has 0 spiro atoms. The van der Waals surface area contributed by atoms with Crippen LogP contribution in [0.25, 0.3) is 0 Å². The minimum atomic E-state index is -0.114. The second-order valence-electron chi connectivity index (χ2n) is 3.63. The topological polar surface area (TPSA) is 55.2 Å². The van der Waals surface area contributed by atoms with Gasteiger partial charge >= 0.3 is 0 Å². The lowest BCUT2D eigenvalue weighted by atomic mass is 10.1. The summed E-state index contributed by atoms with van der Waals surface area (Å²) in [6, 6.07) is 9.27. The van der Waals surface area contributed by atoms with Crippen LogP contribution in [0.5, 0.6) is 5.75 Å². The van der Waals surface area contributed by atoms with Gasteiger partial charge in [-0.3, -0.25) is 9.97 Å². The van der Waals surface area contributed by atoms with E-state index in [-0.39, 0.29) is 12.5 Å². The van der Waals surface area contributed by atoms with Crippen LogP contribution in [0.3, 0.4) is 0 Å². The zero-order valence-corrected chi connectivity index (χ0v) is 9.36. The molecule has 1 N–H and O–H groups in total. The first-order valence-corrected chi connectivity index (χ1v) is 5.45. The third kappa shape index (κ3) is 3.26. The van der Waals surface area contributed by atoms with Crippen molar-refractivity contribution in [3.8, 4) is 5.75 Å². The van der Waals surface area contributed by atoms with Gasteiger partial charge in [-0.15, -0.1) is 0 Å². The van der Waals surface area contributed by atoms with Crippen molar-refractivity contribution in [2.24, 2.45) is 0 Å². The summed E-state index contributed by atoms with van der Waals surface area (Å²) in [7, 11) is 0. The molecule has 0 bridgehead atoms. The van der Waals surface area contributed by atoms with Crippen LogP contribution in [0.1, 0.15) is 11.6 Å². The van der Waals surface area contributed by atoms with E-state index in [1.54, 1.807) is 18.6 Å². The Morgan fingerprint density at radius 1 is 1.18 bits per heavy atom. The van der Waals surface area contributed by atoms with Crippen molar-refractivity contribution in [3.63, 3.8) is 0 Å². The Morgan fingerprint density at radius 2 is 2.12 bits per heavy atom. The molecule has 0 fully saturated rings. The van der Waals surface area contributed by atoms with Crippen molar-refractivity contribution in [3.05, 3.63) is 54.6 Å². The summed E-state index contributed by atoms with van der Waals surface area (Å²) >= 11 is 0. The van der Waals surface area contributed by atoms with Gasteiger partial charge in [0.15, 0.2) is 0 Å². The first-order valence-electron chi connectivity index (χ1n) is 5.45. The van der Waals surface area contributed by atoms with E-state index in [9.17, 15) is 5.11 Å². The highest BCUT2D eigenvalue weighted by atomic mass is 16.5. The van der Waals surface area contributed by atoms with Crippen molar-refractivity contribution in [1.29, 1.82) is 0 Å². The second-order valence-corrected chi connectivity index (χ2v) is 3.63. The van der Waals surface area contributed by atoms with Gasteiger partial charge < -0.3 is 9.84 Å². The minimum absolute atomic E-state index is 0.0112. The van der Waals surface area contributed by atoms with Crippen molar-refractivity contribution in [2.45, 2.75) is 5.92 Å². The Balaban J connectivity index is 1.97. The van der Waals surface area contributed by atoms with Crippen molar-refractivity contribution in [1.82, 2.24) is 9.97 Å². The minimum Gasteiger partial charge on any atom is -0.491 e. The number of hydrogen-bond donors (Lipinski definition) is 1. The average Bonchev–Trinajstić information content (AvgIpc) is 2.42. The summed E-state index contributed by atoms with van der Waals surface area (Å²) in [4.78, 5) is 8.16. The molecule has 2 rings (SSSR count). The summed E-state index contributed by atoms with van der Waals surface area (Å²) in [5, 5.41) is 9.32. The predicted octanol–water partition coefficient (Wildman–Crippen LogP) is 1.63. The average molecular weight is 230 g/mol. The lowest BCUT2D eigenvalue weighted by molar-refractivity contribution is 0.202. The predicted molar refractivity (Wildman–Crippen MR) is 63.8 cm³/mol. The van der Waals surface area contributed by atoms with E-state index in [0.29, 0.717) is 12.4 Å². The molecule has 4 heteroatoms. The van der Waals surface area contributed by atoms with E-state index >= 15 is 0 Å². The van der Waals surface area contributed by atoms with Crippen LogP contribution in [0.15, 0.2) is 48.9 Å². The molecule has 0 saturated heterocycles. The molecular weight excluding hydrogens is 216 g/mol. The first kappa shape index (κ1) is 11.5. The van der Waals surface area contributed by atoms with Gasteiger partial charge in [-0.1, -0.05) is 6.07 Å². The third-order valence-electron chi connectivity index (χ3n) is 2.41. The molecular formula is C13H14N2O2. The molecule has 2 aromatic rings. The molecule has 88 valence electrons. The van der Waals surface area contributed by atoms with Gasteiger partial charge in [0.1, 0.15) is 5.75 Å². The first-order chi connectivity index (χ1) is 8.40. The van der Waals surface area contributed by atoms with Crippen LogP contribution in [0.2, 0.25) is 0 Å². The Kier molecular flexibility index (Phi) is 4.05. The molecule has 0 saturated carbocycles. The van der Waals surface area contributed by atoms with Crippen LogP contribution in [-0.2, 0) is 0 Å². The molecule has 4 nitrogen and oxygen atoms in total. The summed E-state index contributed by atoms with van der Waals surface area (Å²) in [6.07, 6.45) is 5.05. The largest absolute Gasteiger partial charge is 0.491 e. The number of hydrogen-bond acceptors (Lipinski definition) is 4. The lowest BCUT2D eigenvalue weighted by Gasteiger charge is -2.14. The highest BCUT2D eigenvalue weighted by molar-refractivity contribution is 5.16. The zero-order valence-electron chi connectivity index (χ0n) is 9.36. The molecule has 0 aromatic carbocycles. The van der Waals surface area contributed by atoms with Gasteiger partial charge in [0.25, 0.3) is 0 Å². The Labute approximate surface area is 99.9 Å². The summed E-state index contributed by atoms with van der Waals surface area (Å²) in [5.41, 5.74) is 0.832. The third-order valence-corrected chi connectivity index (χ3v) is 2.41. The van der Waals surface area contributed by atoms with Crippen molar-refractivity contribution in [2.75, 3.05) is 13.2 Å². The van der Waals surface area contributed by atoms with E-state index in [4.69, 9.17) is 4.74 Å². The van der Waals surface area contributed by atoms with Gasteiger partial charge in [-0.2, -0.15) is 0 Å². The SMILES string of the molecule is OCC(COc1cccnc1)c1ccccn1. The smallest absolute Gasteiger partial charge is 0.137 e. The molecule has 0 radical (unpaired) electrons. The standard InChI is InChI=1S/C13H14N2O2/c16-9-11(13-5-1-2-7-15-13)10-17-12-4-3-6-14-8-12/h1-8,11,16H,9-10H2. The van der Waals surface area contributed by atoms with Gasteiger partial charge in [-0.25, -0.2) is 0 Å². The number of rotatable bonds is 5. The Bertz CT molecular complexity index is 434. The highest BCUT2D eigenvalue weighted by Gasteiger charge is 2.12. The molecule has 1 atom stereocenters. The normalized spacial score (nSPS) is 12.1. The van der Waals surface area contributed by atoms with Crippen LogP contribution in [-0.4, -0.2) is 28.3 Å². The van der Waals surface area contributed by atoms with Crippen LogP contribution >= 0.6 is 0 Å². The molecule has 2 heterocycles. The fraction of sp³-hybridized carbons (Fsp3) is 0.231. The molecule has 1 unspecified atom stereocenters. The maximum Gasteiger partial charge on any atom is 0.137 e. The Hall–Kier alpha value is -1.94. The van der Waals surface area contributed by atoms with Gasteiger partial charge in [0.2, 0.25) is 0 Å². The molecule has 0 aliphatic heterocycles. The number of ether oxygens (including phenoxy) is 1. The zero-order chi connectivity index (χ0) is 11.9. The monoisotopic (exact) mass is 230 g/mol. The second kappa shape index (κ2) is 5.96. The molecule has 0 aliphatic carbocycles. The van der Waals surface area contributed by atoms with Gasteiger partial charge in [0, 0.05) is 18.1 Å². The molecule has 17 heavy (non-hydrogen) atoms. The lowest BCUT2D eigenvalue weighted by Crippen LogP contribution is -2.15. The fourth-order valence-electron chi connectivity index (χ4n) is 1.48. The molecule has 0 amide bonds. The van der Waals surface area contributed by atoms with Gasteiger partial charge in [0.05, 0.1) is 25.3 Å². The summed E-state index contributed by atoms with van der Waals surface area (Å²) < 4.78 is 5.55. The Morgan fingerprint density at radius 3 is 2.76 bits per heavy atom. The van der Waals surface area contributed by atoms with Gasteiger partial charge in [-0.05, 0) is 24.3 Å². The number of pyridine rings is 2. The number of aromatic nitrogens is 2.